The summed E-state index contributed by atoms with van der Waals surface area (Å²) in [6, 6.07) is 0. The summed E-state index contributed by atoms with van der Waals surface area (Å²) in [4.78, 5) is 0. The highest BCUT2D eigenvalue weighted by molar-refractivity contribution is 8.20. The van der Waals surface area contributed by atoms with Gasteiger partial charge in [-0.1, -0.05) is 24.8 Å². The molecule has 0 aromatic carbocycles. The molecule has 12 heavy (non-hydrogen) atoms. The van der Waals surface area contributed by atoms with Gasteiger partial charge in [-0.25, -0.2) is 5.14 Å². The van der Waals surface area contributed by atoms with Crippen LogP contribution in [0.25, 0.3) is 0 Å². The highest BCUT2D eigenvalue weighted by Crippen LogP contribution is 2.31. The molecule has 0 atom stereocenters. The second kappa shape index (κ2) is 5.04. The summed E-state index contributed by atoms with van der Waals surface area (Å²) in [5, 5.41) is 5.12. The van der Waals surface area contributed by atoms with Crippen LogP contribution in [0.15, 0.2) is 0 Å². The van der Waals surface area contributed by atoms with Crippen LogP contribution in [0.4, 0.5) is 0 Å². The molecule has 0 amide bonds. The molecular weight excluding hydrogens is 176 g/mol. The Kier molecular flexibility index (Phi) is 5.12. The Bertz CT molecular complexity index is 125. The maximum absolute atomic E-state index is 8.99. The molecule has 0 heterocycles. The van der Waals surface area contributed by atoms with Crippen LogP contribution < -0.4 is 5.14 Å². The van der Waals surface area contributed by atoms with E-state index >= 15 is 0 Å². The van der Waals surface area contributed by atoms with Crippen molar-refractivity contribution in [3.8, 4) is 0 Å². The Hall–Kier alpha value is 0.190. The van der Waals surface area contributed by atoms with Gasteiger partial charge in [-0.15, -0.1) is 0 Å². The summed E-state index contributed by atoms with van der Waals surface area (Å²) in [7, 11) is -1.35. The maximum atomic E-state index is 8.99. The molecule has 4 nitrogen and oxygen atoms in total. The molecule has 0 bridgehead atoms. The van der Waals surface area contributed by atoms with Gasteiger partial charge in [0.15, 0.2) is 0 Å². The quantitative estimate of drug-likeness (QED) is 0.628. The third kappa shape index (κ3) is 5.79. The Morgan fingerprint density at radius 3 is 2.25 bits per heavy atom. The minimum atomic E-state index is -2.97. The largest absolute Gasteiger partial charge is 0.273 e. The van der Waals surface area contributed by atoms with E-state index in [2.05, 4.69) is 13.8 Å². The first kappa shape index (κ1) is 12.2. The van der Waals surface area contributed by atoms with Crippen LogP contribution in [0.2, 0.25) is 0 Å². The van der Waals surface area contributed by atoms with Crippen LogP contribution in [0.1, 0.15) is 26.7 Å². The van der Waals surface area contributed by atoms with Crippen LogP contribution in [-0.4, -0.2) is 27.0 Å². The van der Waals surface area contributed by atoms with Gasteiger partial charge < -0.3 is 0 Å². The summed E-state index contributed by atoms with van der Waals surface area (Å²) in [5.74, 6) is 0.651. The standard InChI is InChI=1S/C7H20N2O2S/c1-7(2)5-4-6-9(3)12(8,10)11/h7,10-11H,4-6,8H2,1-3H3. The summed E-state index contributed by atoms with van der Waals surface area (Å²) >= 11 is 0. The van der Waals surface area contributed by atoms with Crippen LogP contribution in [0, 0.1) is 5.92 Å². The lowest BCUT2D eigenvalue weighted by Gasteiger charge is -2.35. The normalized spacial score (nSPS) is 14.3. The summed E-state index contributed by atoms with van der Waals surface area (Å²) in [5.41, 5.74) is 0. The molecule has 0 aliphatic carbocycles. The lowest BCUT2D eigenvalue weighted by molar-refractivity contribution is 0.371. The van der Waals surface area contributed by atoms with E-state index in [0.29, 0.717) is 12.5 Å². The van der Waals surface area contributed by atoms with E-state index in [1.807, 2.05) is 0 Å². The van der Waals surface area contributed by atoms with Gasteiger partial charge in [-0.3, -0.25) is 9.11 Å². The van der Waals surface area contributed by atoms with Crippen molar-refractivity contribution in [2.75, 3.05) is 13.6 Å². The fourth-order valence-electron chi connectivity index (χ4n) is 0.857. The zero-order valence-electron chi connectivity index (χ0n) is 8.03. The van der Waals surface area contributed by atoms with Gasteiger partial charge in [-0.05, 0) is 18.8 Å². The molecule has 0 saturated carbocycles. The van der Waals surface area contributed by atoms with Crippen molar-refractivity contribution in [1.29, 1.82) is 0 Å². The first-order valence-electron chi connectivity index (χ1n) is 4.11. The molecule has 0 aliphatic rings. The molecule has 5 heteroatoms. The number of nitrogens with two attached hydrogens (primary N) is 1. The van der Waals surface area contributed by atoms with Gasteiger partial charge >= 0.3 is 0 Å². The highest BCUT2D eigenvalue weighted by Gasteiger charge is 2.11. The van der Waals surface area contributed by atoms with Gasteiger partial charge in [0.25, 0.3) is 0 Å². The maximum Gasteiger partial charge on any atom is 0.0188 e. The predicted octanol–water partition coefficient (Wildman–Crippen LogP) is 1.89. The van der Waals surface area contributed by atoms with Crippen molar-refractivity contribution < 1.29 is 9.11 Å². The molecule has 0 aromatic heterocycles. The van der Waals surface area contributed by atoms with E-state index in [4.69, 9.17) is 14.2 Å². The van der Waals surface area contributed by atoms with Crippen LogP contribution >= 0.6 is 11.0 Å². The first-order chi connectivity index (χ1) is 5.34. The van der Waals surface area contributed by atoms with E-state index in [9.17, 15) is 0 Å². The highest BCUT2D eigenvalue weighted by atomic mass is 32.3. The Labute approximate surface area is 76.4 Å². The number of hydrogen-bond acceptors (Lipinski definition) is 4. The lowest BCUT2D eigenvalue weighted by Crippen LogP contribution is -2.29. The molecule has 4 N–H and O–H groups in total. The Morgan fingerprint density at radius 2 is 1.92 bits per heavy atom. The van der Waals surface area contributed by atoms with E-state index in [1.54, 1.807) is 7.05 Å². The summed E-state index contributed by atoms with van der Waals surface area (Å²) in [6.45, 7) is 4.91. The fourth-order valence-corrected chi connectivity index (χ4v) is 1.25. The molecule has 0 rings (SSSR count). The Morgan fingerprint density at radius 1 is 1.42 bits per heavy atom. The molecule has 0 spiro atoms. The number of nitrogens with zero attached hydrogens (tertiary/aromatic N) is 1. The average molecular weight is 196 g/mol. The minimum Gasteiger partial charge on any atom is -0.273 e. The van der Waals surface area contributed by atoms with Gasteiger partial charge in [0.1, 0.15) is 0 Å². The van der Waals surface area contributed by atoms with Crippen LogP contribution in [0.5, 0.6) is 0 Å². The summed E-state index contributed by atoms with van der Waals surface area (Å²) < 4.78 is 19.4. The third-order valence-corrected chi connectivity index (χ3v) is 2.81. The second-order valence-corrected chi connectivity index (χ2v) is 5.19. The third-order valence-electron chi connectivity index (χ3n) is 1.71. The SMILES string of the molecule is CC(C)CCCN(C)S(N)(O)O. The van der Waals surface area contributed by atoms with Crippen molar-refractivity contribution in [2.45, 2.75) is 26.7 Å². The van der Waals surface area contributed by atoms with Crippen molar-refractivity contribution in [1.82, 2.24) is 4.31 Å². The topological polar surface area (TPSA) is 69.7 Å². The molecule has 0 saturated heterocycles. The molecule has 76 valence electrons. The molecule has 0 aliphatic heterocycles. The second-order valence-electron chi connectivity index (χ2n) is 3.45. The van der Waals surface area contributed by atoms with Crippen molar-refractivity contribution >= 4 is 11.0 Å². The predicted molar refractivity (Wildman–Crippen MR) is 53.7 cm³/mol. The van der Waals surface area contributed by atoms with Gasteiger partial charge in [0.2, 0.25) is 0 Å². The fraction of sp³-hybridized carbons (Fsp3) is 1.00. The molecule has 0 radical (unpaired) electrons. The van der Waals surface area contributed by atoms with Gasteiger partial charge in [0.05, 0.1) is 0 Å². The van der Waals surface area contributed by atoms with E-state index in [-0.39, 0.29) is 0 Å². The number of hydrogen-bond donors (Lipinski definition) is 3. The van der Waals surface area contributed by atoms with Crippen molar-refractivity contribution in [3.63, 3.8) is 0 Å². The van der Waals surface area contributed by atoms with Gasteiger partial charge in [0, 0.05) is 13.6 Å². The smallest absolute Gasteiger partial charge is 0.0188 e. The zero-order chi connectivity index (χ0) is 9.78. The van der Waals surface area contributed by atoms with Crippen LogP contribution in [0.3, 0.4) is 0 Å². The van der Waals surface area contributed by atoms with Gasteiger partial charge in [-0.2, -0.15) is 4.31 Å². The lowest BCUT2D eigenvalue weighted by atomic mass is 10.1. The van der Waals surface area contributed by atoms with E-state index in [1.165, 1.54) is 4.31 Å². The zero-order valence-corrected chi connectivity index (χ0v) is 8.84. The molecule has 0 unspecified atom stereocenters. The first-order valence-corrected chi connectivity index (χ1v) is 5.68. The Balaban J connectivity index is 3.51. The van der Waals surface area contributed by atoms with Crippen molar-refractivity contribution in [3.05, 3.63) is 0 Å². The molecule has 0 fully saturated rings. The monoisotopic (exact) mass is 196 g/mol. The van der Waals surface area contributed by atoms with Crippen LogP contribution in [-0.2, 0) is 0 Å². The van der Waals surface area contributed by atoms with E-state index < -0.39 is 11.0 Å². The summed E-state index contributed by atoms with van der Waals surface area (Å²) in [6.07, 6.45) is 2.03. The molecule has 0 aromatic rings. The molecular formula is C7H20N2O2S. The van der Waals surface area contributed by atoms with Crippen molar-refractivity contribution in [2.24, 2.45) is 11.1 Å². The van der Waals surface area contributed by atoms with E-state index in [0.717, 1.165) is 12.8 Å². The minimum absolute atomic E-state index is 0.636. The number of rotatable bonds is 5. The average Bonchev–Trinajstić information content (AvgIpc) is 1.84.